The molecule has 2 aromatic heterocycles. The Kier molecular flexibility index (Phi) is 5.53. The fraction of sp³-hybridized carbons (Fsp3) is 0.286. The molecule has 226 valence electrons. The lowest BCUT2D eigenvalue weighted by atomic mass is 9.72. The van der Waals surface area contributed by atoms with E-state index in [1.54, 1.807) is 6.20 Å². The maximum Gasteiger partial charge on any atom is 0.249 e. The number of amides is 1. The van der Waals surface area contributed by atoms with Crippen LogP contribution in [0.15, 0.2) is 81.8 Å². The maximum absolute atomic E-state index is 13.4. The molecule has 9 rings (SSSR count). The predicted molar refractivity (Wildman–Crippen MR) is 167 cm³/mol. The number of fused-ring (bicyclic) bond motifs is 5. The number of anilines is 2. The minimum atomic E-state index is -0.909. The van der Waals surface area contributed by atoms with Crippen LogP contribution in [0.4, 0.5) is 11.4 Å². The van der Waals surface area contributed by atoms with E-state index >= 15 is 0 Å². The van der Waals surface area contributed by atoms with Gasteiger partial charge in [0.2, 0.25) is 17.7 Å². The second kappa shape index (κ2) is 9.45. The van der Waals surface area contributed by atoms with Gasteiger partial charge < -0.3 is 35.3 Å². The van der Waals surface area contributed by atoms with Crippen LogP contribution in [0.1, 0.15) is 65.5 Å². The number of nitrogens with one attached hydrogen (secondary N) is 3. The Balaban J connectivity index is 1.30. The summed E-state index contributed by atoms with van der Waals surface area (Å²) in [7, 11) is 0. The van der Waals surface area contributed by atoms with Gasteiger partial charge in [0, 0.05) is 23.5 Å². The standard InChI is InChI=1S/C35H32N6O4/c1-17(2)28-33-41-29(32-38-16-27(43-32)20-15-37-24-9-5-3-7-19(20)24)30(45-33)35-21-8-4-6-10-25(21)39-34(35)44-26-12-11-18(13-22(26)35)14-23(36)31(42)40-28/h3-13,16-17,20,23,28,34,37,39H,14-15,36H2,1-2H3,(H,40,42)/t20?,23-,28-,34?,35?/m0/s1. The molecule has 6 heterocycles. The molecule has 10 nitrogen and oxygen atoms in total. The van der Waals surface area contributed by atoms with Crippen LogP contribution in [0.25, 0.3) is 11.6 Å². The van der Waals surface area contributed by atoms with Gasteiger partial charge in [-0.25, -0.2) is 9.97 Å². The summed E-state index contributed by atoms with van der Waals surface area (Å²) in [5.41, 5.74) is 12.1. The average molecular weight is 601 g/mol. The van der Waals surface area contributed by atoms with Crippen LogP contribution < -0.4 is 26.4 Å². The van der Waals surface area contributed by atoms with E-state index in [-0.39, 0.29) is 17.7 Å². The predicted octanol–water partition coefficient (Wildman–Crippen LogP) is 5.06. The Morgan fingerprint density at radius 2 is 1.80 bits per heavy atom. The molecule has 1 amide bonds. The van der Waals surface area contributed by atoms with Gasteiger partial charge in [-0.1, -0.05) is 62.4 Å². The summed E-state index contributed by atoms with van der Waals surface area (Å²) < 4.78 is 20.1. The second-order valence-electron chi connectivity index (χ2n) is 12.7. The molecule has 3 unspecified atom stereocenters. The normalized spacial score (nSPS) is 25.6. The van der Waals surface area contributed by atoms with E-state index in [1.165, 1.54) is 0 Å². The molecule has 4 aliphatic rings. The van der Waals surface area contributed by atoms with Gasteiger partial charge in [-0.2, -0.15) is 0 Å². The number of hydrogen-bond donors (Lipinski definition) is 4. The minimum absolute atomic E-state index is 0.00783. The van der Waals surface area contributed by atoms with E-state index in [0.29, 0.717) is 36.2 Å². The van der Waals surface area contributed by atoms with Gasteiger partial charge in [0.15, 0.2) is 17.7 Å². The highest BCUT2D eigenvalue weighted by atomic mass is 16.5. The number of nitrogens with zero attached hydrogens (tertiary/aromatic N) is 2. The summed E-state index contributed by atoms with van der Waals surface area (Å²) in [6.45, 7) is 4.75. The molecule has 3 aromatic carbocycles. The number of carbonyl (C=O) groups excluding carboxylic acids is 1. The molecule has 0 saturated carbocycles. The van der Waals surface area contributed by atoms with Crippen molar-refractivity contribution in [3.05, 3.63) is 113 Å². The van der Waals surface area contributed by atoms with Gasteiger partial charge in [-0.15, -0.1) is 0 Å². The van der Waals surface area contributed by atoms with E-state index in [2.05, 4.69) is 40.2 Å². The molecule has 0 aliphatic carbocycles. The van der Waals surface area contributed by atoms with E-state index < -0.39 is 23.7 Å². The van der Waals surface area contributed by atoms with Crippen LogP contribution >= 0.6 is 0 Å². The van der Waals surface area contributed by atoms with Crippen molar-refractivity contribution >= 4 is 17.3 Å². The average Bonchev–Trinajstić information content (AvgIpc) is 3.85. The van der Waals surface area contributed by atoms with Crippen molar-refractivity contribution in [1.82, 2.24) is 15.3 Å². The largest absolute Gasteiger partial charge is 0.469 e. The lowest BCUT2D eigenvalue weighted by Crippen LogP contribution is -2.45. The van der Waals surface area contributed by atoms with Crippen molar-refractivity contribution in [3.63, 3.8) is 0 Å². The molecule has 4 aliphatic heterocycles. The summed E-state index contributed by atoms with van der Waals surface area (Å²) >= 11 is 0. The molecular formula is C35H32N6O4. The Bertz CT molecular complexity index is 2000. The smallest absolute Gasteiger partial charge is 0.249 e. The highest BCUT2D eigenvalue weighted by molar-refractivity contribution is 5.82. The number of aromatic nitrogens is 2. The van der Waals surface area contributed by atoms with Crippen molar-refractivity contribution in [2.75, 3.05) is 17.2 Å². The maximum atomic E-state index is 13.4. The highest BCUT2D eigenvalue weighted by Gasteiger charge is 2.61. The number of hydrogen-bond acceptors (Lipinski definition) is 9. The Morgan fingerprint density at radius 3 is 2.67 bits per heavy atom. The van der Waals surface area contributed by atoms with Crippen molar-refractivity contribution < 1.29 is 18.4 Å². The molecule has 5 aromatic rings. The summed E-state index contributed by atoms with van der Waals surface area (Å²) in [6, 6.07) is 21.1. The van der Waals surface area contributed by atoms with Crippen LogP contribution in [0.3, 0.4) is 0 Å². The molecule has 0 radical (unpaired) electrons. The lowest BCUT2D eigenvalue weighted by molar-refractivity contribution is -0.123. The Labute approximate surface area is 259 Å². The van der Waals surface area contributed by atoms with Gasteiger partial charge in [-0.3, -0.25) is 4.79 Å². The summed E-state index contributed by atoms with van der Waals surface area (Å²) in [5.74, 6) is 2.44. The molecule has 10 heteroatoms. The topological polar surface area (TPSA) is 140 Å². The van der Waals surface area contributed by atoms with Crippen LogP contribution in [0, 0.1) is 5.92 Å². The van der Waals surface area contributed by atoms with Crippen LogP contribution in [-0.4, -0.2) is 34.7 Å². The van der Waals surface area contributed by atoms with Crippen molar-refractivity contribution in [2.45, 2.75) is 49.9 Å². The molecule has 1 spiro atoms. The third-order valence-electron chi connectivity index (χ3n) is 9.67. The first-order chi connectivity index (χ1) is 21.9. The fourth-order valence-electron chi connectivity index (χ4n) is 7.45. The van der Waals surface area contributed by atoms with Gasteiger partial charge in [0.1, 0.15) is 23.0 Å². The molecule has 0 fully saturated rings. The summed E-state index contributed by atoms with van der Waals surface area (Å²) in [5, 5.41) is 10.2. The number of para-hydroxylation sites is 2. The van der Waals surface area contributed by atoms with E-state index in [9.17, 15) is 4.79 Å². The first-order valence-corrected chi connectivity index (χ1v) is 15.4. The molecule has 5 N–H and O–H groups in total. The van der Waals surface area contributed by atoms with E-state index in [4.69, 9.17) is 29.3 Å². The zero-order valence-corrected chi connectivity index (χ0v) is 24.8. The SMILES string of the molecule is CC(C)[C@@H]1NC(=O)[C@@H](N)Cc2ccc3c(c2)C2(c4ccccc4NC2O3)c2oc1nc2-c1ncc(C2CNc3ccccc32)o1. The number of rotatable bonds is 3. The minimum Gasteiger partial charge on any atom is -0.469 e. The highest BCUT2D eigenvalue weighted by Crippen LogP contribution is 2.59. The quantitative estimate of drug-likeness (QED) is 0.224. The lowest BCUT2D eigenvalue weighted by Gasteiger charge is -2.28. The zero-order valence-electron chi connectivity index (χ0n) is 24.8. The number of ether oxygens (including phenoxy) is 1. The van der Waals surface area contributed by atoms with Crippen LogP contribution in [0.2, 0.25) is 0 Å². The van der Waals surface area contributed by atoms with Crippen molar-refractivity contribution in [1.29, 1.82) is 0 Å². The van der Waals surface area contributed by atoms with Gasteiger partial charge in [-0.05, 0) is 47.2 Å². The fourth-order valence-corrected chi connectivity index (χ4v) is 7.45. The molecule has 45 heavy (non-hydrogen) atoms. The number of oxazole rings is 2. The third kappa shape index (κ3) is 3.69. The van der Waals surface area contributed by atoms with Gasteiger partial charge in [0.25, 0.3) is 0 Å². The number of benzene rings is 3. The number of carbonyl (C=O) groups is 1. The van der Waals surface area contributed by atoms with Gasteiger partial charge in [0.05, 0.1) is 18.2 Å². The molecule has 0 saturated heterocycles. The Morgan fingerprint density at radius 1 is 0.978 bits per heavy atom. The van der Waals surface area contributed by atoms with Crippen molar-refractivity contribution in [2.24, 2.45) is 11.7 Å². The van der Waals surface area contributed by atoms with Crippen LogP contribution in [-0.2, 0) is 16.6 Å². The summed E-state index contributed by atoms with van der Waals surface area (Å²) in [4.78, 5) is 23.3. The first kappa shape index (κ1) is 26.3. The monoisotopic (exact) mass is 600 g/mol. The van der Waals surface area contributed by atoms with Gasteiger partial charge >= 0.3 is 0 Å². The number of nitrogens with two attached hydrogens (primary N) is 1. The van der Waals surface area contributed by atoms with E-state index in [1.807, 2.05) is 56.3 Å². The Hall–Kier alpha value is -5.09. The third-order valence-corrected chi connectivity index (χ3v) is 9.67. The van der Waals surface area contributed by atoms with E-state index in [0.717, 1.165) is 45.1 Å². The molecule has 5 atom stereocenters. The van der Waals surface area contributed by atoms with Crippen LogP contribution in [0.5, 0.6) is 5.75 Å². The zero-order chi connectivity index (χ0) is 30.4. The first-order valence-electron chi connectivity index (χ1n) is 15.4. The summed E-state index contributed by atoms with van der Waals surface area (Å²) in [6.07, 6.45) is 1.65. The van der Waals surface area contributed by atoms with Crippen molar-refractivity contribution in [3.8, 4) is 17.3 Å². The second-order valence-corrected chi connectivity index (χ2v) is 12.7. The molecular weight excluding hydrogens is 568 g/mol. The molecule has 4 bridgehead atoms.